The molecule has 0 aliphatic carbocycles. The standard InChI is InChI=1S/C14H21N3OS/c1-2-6-15-12(11-18)5-8-17-9-7-16-14(17)13-4-3-10-19-13/h3-4,7,9-10,12,15,18H,2,5-6,8,11H2,1H3. The lowest BCUT2D eigenvalue weighted by Gasteiger charge is -2.16. The summed E-state index contributed by atoms with van der Waals surface area (Å²) in [5.74, 6) is 1.02. The summed E-state index contributed by atoms with van der Waals surface area (Å²) in [6.07, 6.45) is 5.83. The Labute approximate surface area is 118 Å². The Morgan fingerprint density at radius 2 is 2.42 bits per heavy atom. The molecule has 104 valence electrons. The van der Waals surface area contributed by atoms with Crippen molar-refractivity contribution in [1.29, 1.82) is 0 Å². The van der Waals surface area contributed by atoms with Crippen LogP contribution < -0.4 is 5.32 Å². The van der Waals surface area contributed by atoms with Crippen LogP contribution in [0, 0.1) is 0 Å². The largest absolute Gasteiger partial charge is 0.395 e. The van der Waals surface area contributed by atoms with Crippen LogP contribution in [0.25, 0.3) is 10.7 Å². The number of thiophene rings is 1. The third-order valence-electron chi connectivity index (χ3n) is 3.08. The lowest BCUT2D eigenvalue weighted by molar-refractivity contribution is 0.232. The Hall–Kier alpha value is -1.17. The van der Waals surface area contributed by atoms with Crippen LogP contribution in [0.3, 0.4) is 0 Å². The molecule has 19 heavy (non-hydrogen) atoms. The molecular weight excluding hydrogens is 258 g/mol. The van der Waals surface area contributed by atoms with Crippen LogP contribution >= 0.6 is 11.3 Å². The third-order valence-corrected chi connectivity index (χ3v) is 3.94. The number of aryl methyl sites for hydroxylation is 1. The molecule has 0 saturated carbocycles. The van der Waals surface area contributed by atoms with Gasteiger partial charge in [0.15, 0.2) is 0 Å². The van der Waals surface area contributed by atoms with Gasteiger partial charge in [-0.3, -0.25) is 0 Å². The highest BCUT2D eigenvalue weighted by Crippen LogP contribution is 2.23. The van der Waals surface area contributed by atoms with Gasteiger partial charge in [-0.15, -0.1) is 11.3 Å². The van der Waals surface area contributed by atoms with Gasteiger partial charge in [-0.05, 0) is 30.8 Å². The minimum atomic E-state index is 0.165. The summed E-state index contributed by atoms with van der Waals surface area (Å²) in [7, 11) is 0. The van der Waals surface area contributed by atoms with E-state index in [1.54, 1.807) is 11.3 Å². The first kappa shape index (κ1) is 14.2. The van der Waals surface area contributed by atoms with Gasteiger partial charge in [0.2, 0.25) is 0 Å². The summed E-state index contributed by atoms with van der Waals surface area (Å²) < 4.78 is 2.15. The summed E-state index contributed by atoms with van der Waals surface area (Å²) >= 11 is 1.70. The van der Waals surface area contributed by atoms with Crippen LogP contribution in [-0.4, -0.2) is 33.9 Å². The number of imidazole rings is 1. The number of hydrogen-bond acceptors (Lipinski definition) is 4. The monoisotopic (exact) mass is 279 g/mol. The van der Waals surface area contributed by atoms with E-state index in [0.29, 0.717) is 0 Å². The number of aromatic nitrogens is 2. The summed E-state index contributed by atoms with van der Waals surface area (Å²) in [5, 5.41) is 14.8. The van der Waals surface area contributed by atoms with Crippen molar-refractivity contribution in [2.24, 2.45) is 0 Å². The minimum Gasteiger partial charge on any atom is -0.395 e. The number of aliphatic hydroxyl groups excluding tert-OH is 1. The molecule has 2 rings (SSSR count). The second-order valence-corrected chi connectivity index (χ2v) is 5.49. The zero-order valence-electron chi connectivity index (χ0n) is 11.2. The van der Waals surface area contributed by atoms with Gasteiger partial charge in [0.05, 0.1) is 11.5 Å². The molecule has 0 bridgehead atoms. The molecule has 0 aromatic carbocycles. The fraction of sp³-hybridized carbons (Fsp3) is 0.500. The highest BCUT2D eigenvalue weighted by molar-refractivity contribution is 7.13. The molecular formula is C14H21N3OS. The van der Waals surface area contributed by atoms with Gasteiger partial charge in [0, 0.05) is 25.0 Å². The van der Waals surface area contributed by atoms with E-state index in [4.69, 9.17) is 0 Å². The average molecular weight is 279 g/mol. The van der Waals surface area contributed by atoms with Gasteiger partial charge in [0.25, 0.3) is 0 Å². The minimum absolute atomic E-state index is 0.165. The number of hydrogen-bond donors (Lipinski definition) is 2. The van der Waals surface area contributed by atoms with Gasteiger partial charge in [-0.25, -0.2) is 4.98 Å². The lowest BCUT2D eigenvalue weighted by atomic mass is 10.2. The predicted molar refractivity (Wildman–Crippen MR) is 79.3 cm³/mol. The van der Waals surface area contributed by atoms with E-state index < -0.39 is 0 Å². The average Bonchev–Trinajstić information content (AvgIpc) is 3.09. The van der Waals surface area contributed by atoms with Crippen molar-refractivity contribution in [1.82, 2.24) is 14.9 Å². The molecule has 0 saturated heterocycles. The third kappa shape index (κ3) is 3.89. The fourth-order valence-corrected chi connectivity index (χ4v) is 2.76. The Morgan fingerprint density at radius 3 is 3.11 bits per heavy atom. The number of aliphatic hydroxyl groups is 1. The molecule has 0 radical (unpaired) electrons. The molecule has 0 spiro atoms. The Bertz CT molecular complexity index is 467. The van der Waals surface area contributed by atoms with Crippen LogP contribution in [0.15, 0.2) is 29.9 Å². The molecule has 5 heteroatoms. The number of nitrogens with zero attached hydrogens (tertiary/aromatic N) is 2. The van der Waals surface area contributed by atoms with E-state index in [0.717, 1.165) is 31.8 Å². The Balaban J connectivity index is 1.94. The lowest BCUT2D eigenvalue weighted by Crippen LogP contribution is -2.34. The second-order valence-electron chi connectivity index (χ2n) is 4.54. The van der Waals surface area contributed by atoms with Crippen molar-refractivity contribution in [3.63, 3.8) is 0 Å². The predicted octanol–water partition coefficient (Wildman–Crippen LogP) is 2.36. The Kier molecular flexibility index (Phi) is 5.57. The van der Waals surface area contributed by atoms with Crippen molar-refractivity contribution in [2.75, 3.05) is 13.2 Å². The van der Waals surface area contributed by atoms with Crippen molar-refractivity contribution < 1.29 is 5.11 Å². The quantitative estimate of drug-likeness (QED) is 0.780. The molecule has 1 atom stereocenters. The molecule has 0 amide bonds. The molecule has 0 aliphatic rings. The summed E-state index contributed by atoms with van der Waals surface area (Å²) in [6.45, 7) is 4.14. The van der Waals surface area contributed by atoms with Crippen LogP contribution in [0.1, 0.15) is 19.8 Å². The van der Waals surface area contributed by atoms with Crippen molar-refractivity contribution >= 4 is 11.3 Å². The summed E-state index contributed by atoms with van der Waals surface area (Å²) in [4.78, 5) is 5.60. The normalized spacial score (nSPS) is 12.7. The van der Waals surface area contributed by atoms with Crippen LogP contribution in [-0.2, 0) is 6.54 Å². The highest BCUT2D eigenvalue weighted by atomic mass is 32.1. The summed E-state index contributed by atoms with van der Waals surface area (Å²) in [5.41, 5.74) is 0. The smallest absolute Gasteiger partial charge is 0.149 e. The van der Waals surface area contributed by atoms with E-state index in [9.17, 15) is 5.11 Å². The van der Waals surface area contributed by atoms with Gasteiger partial charge in [-0.1, -0.05) is 13.0 Å². The molecule has 2 aromatic heterocycles. The summed E-state index contributed by atoms with van der Waals surface area (Å²) in [6, 6.07) is 4.29. The second kappa shape index (κ2) is 7.43. The van der Waals surface area contributed by atoms with Crippen LogP contribution in [0.2, 0.25) is 0 Å². The van der Waals surface area contributed by atoms with E-state index in [-0.39, 0.29) is 12.6 Å². The zero-order valence-corrected chi connectivity index (χ0v) is 12.1. The van der Waals surface area contributed by atoms with Gasteiger partial charge >= 0.3 is 0 Å². The first-order valence-electron chi connectivity index (χ1n) is 6.74. The van der Waals surface area contributed by atoms with Gasteiger partial charge in [-0.2, -0.15) is 0 Å². The van der Waals surface area contributed by atoms with Crippen LogP contribution in [0.5, 0.6) is 0 Å². The van der Waals surface area contributed by atoms with E-state index in [2.05, 4.69) is 33.2 Å². The van der Waals surface area contributed by atoms with Gasteiger partial charge < -0.3 is 15.0 Å². The number of rotatable bonds is 8. The maximum Gasteiger partial charge on any atom is 0.149 e. The Morgan fingerprint density at radius 1 is 1.53 bits per heavy atom. The van der Waals surface area contributed by atoms with Crippen molar-refractivity contribution in [3.05, 3.63) is 29.9 Å². The molecule has 2 aromatic rings. The molecule has 0 aliphatic heterocycles. The first-order valence-corrected chi connectivity index (χ1v) is 7.62. The van der Waals surface area contributed by atoms with Gasteiger partial charge in [0.1, 0.15) is 5.82 Å². The van der Waals surface area contributed by atoms with E-state index in [1.165, 1.54) is 4.88 Å². The topological polar surface area (TPSA) is 50.1 Å². The molecule has 4 nitrogen and oxygen atoms in total. The van der Waals surface area contributed by atoms with E-state index >= 15 is 0 Å². The van der Waals surface area contributed by atoms with Crippen molar-refractivity contribution in [3.8, 4) is 10.7 Å². The molecule has 1 unspecified atom stereocenters. The van der Waals surface area contributed by atoms with E-state index in [1.807, 2.05) is 18.5 Å². The van der Waals surface area contributed by atoms with Crippen molar-refractivity contribution in [2.45, 2.75) is 32.4 Å². The maximum absolute atomic E-state index is 9.35. The molecule has 0 fully saturated rings. The number of nitrogens with one attached hydrogen (secondary N) is 1. The first-order chi connectivity index (χ1) is 9.35. The molecule has 2 N–H and O–H groups in total. The fourth-order valence-electron chi connectivity index (χ4n) is 2.02. The molecule has 2 heterocycles. The highest BCUT2D eigenvalue weighted by Gasteiger charge is 2.10. The maximum atomic E-state index is 9.35. The zero-order chi connectivity index (χ0) is 13.5. The van der Waals surface area contributed by atoms with Crippen LogP contribution in [0.4, 0.5) is 0 Å². The SMILES string of the molecule is CCCNC(CO)CCn1ccnc1-c1cccs1.